The lowest BCUT2D eigenvalue weighted by Crippen LogP contribution is -2.52. The van der Waals surface area contributed by atoms with Crippen LogP contribution in [0, 0.1) is 11.6 Å². The molecule has 2 N–H and O–H groups in total. The van der Waals surface area contributed by atoms with E-state index in [9.17, 15) is 23.2 Å². The van der Waals surface area contributed by atoms with Crippen LogP contribution < -0.4 is 10.6 Å². The lowest BCUT2D eigenvalue weighted by atomic mass is 10.0. The van der Waals surface area contributed by atoms with Crippen LogP contribution in [0.4, 0.5) is 8.78 Å². The predicted molar refractivity (Wildman–Crippen MR) is 177 cm³/mol. The first-order valence-electron chi connectivity index (χ1n) is 15.0. The first-order chi connectivity index (χ1) is 22.8. The van der Waals surface area contributed by atoms with Gasteiger partial charge in [-0.05, 0) is 47.9 Å². The third kappa shape index (κ3) is 6.87. The number of ketones is 1. The fourth-order valence-electron chi connectivity index (χ4n) is 5.26. The molecule has 0 aliphatic rings. The van der Waals surface area contributed by atoms with Crippen molar-refractivity contribution in [1.29, 1.82) is 0 Å². The zero-order valence-electron chi connectivity index (χ0n) is 25.2. The summed E-state index contributed by atoms with van der Waals surface area (Å²) in [5.74, 6) is -3.87. The zero-order valence-corrected chi connectivity index (χ0v) is 26.0. The van der Waals surface area contributed by atoms with Gasteiger partial charge in [0.25, 0.3) is 11.8 Å². The van der Waals surface area contributed by atoms with Gasteiger partial charge in [-0.2, -0.15) is 0 Å². The minimum atomic E-state index is -1.43. The molecule has 6 aromatic rings. The fourth-order valence-corrected chi connectivity index (χ4v) is 6.35. The number of Topliss-reactive ketones (excluding diaryl/α,β-unsaturated/α-hetero) is 1. The van der Waals surface area contributed by atoms with Gasteiger partial charge in [0, 0.05) is 22.4 Å². The number of thiophene rings is 1. The Hall–Kier alpha value is -5.48. The van der Waals surface area contributed by atoms with Gasteiger partial charge >= 0.3 is 0 Å². The molecule has 0 radical (unpaired) electrons. The Morgan fingerprint density at radius 1 is 0.787 bits per heavy atom. The van der Waals surface area contributed by atoms with Crippen molar-refractivity contribution in [2.24, 2.45) is 0 Å². The number of nitrogens with one attached hydrogen (secondary N) is 2. The van der Waals surface area contributed by atoms with Gasteiger partial charge in [0.05, 0.1) is 10.9 Å². The van der Waals surface area contributed by atoms with Crippen LogP contribution in [0.25, 0.3) is 32.7 Å². The number of halogens is 2. The maximum atomic E-state index is 14.8. The topological polar surface area (TPSA) is 101 Å². The molecule has 2 amide bonds. The number of benzene rings is 4. The van der Waals surface area contributed by atoms with Crippen LogP contribution in [0.1, 0.15) is 39.3 Å². The number of fused-ring (bicyclic) bond motifs is 1. The predicted octanol–water partition coefficient (Wildman–Crippen LogP) is 7.62. The van der Waals surface area contributed by atoms with E-state index in [4.69, 9.17) is 4.42 Å². The van der Waals surface area contributed by atoms with Gasteiger partial charge < -0.3 is 15.1 Å². The molecule has 0 fully saturated rings. The molecule has 2 aromatic heterocycles. The Kier molecular flexibility index (Phi) is 9.30. The quantitative estimate of drug-likeness (QED) is 0.141. The van der Waals surface area contributed by atoms with Crippen LogP contribution in [-0.4, -0.2) is 34.7 Å². The standard InChI is InChI=1S/C37H29F2N3O4S/c1-2-28(33(43)37-42-29-18-9-10-19-31(29)46-37)40-35(44)30(20-25-26(38)16-11-17-27(25)39)41-36(45)32-21-24(22-12-5-3-6-13-22)34(47-32)23-14-7-4-8-15-23/h3-19,21,28,30H,2,20H2,1H3,(H,40,44)(H,41,45). The van der Waals surface area contributed by atoms with Gasteiger partial charge in [0.2, 0.25) is 11.7 Å². The molecular weight excluding hydrogens is 620 g/mol. The number of nitrogens with zero attached hydrogens (tertiary/aromatic N) is 1. The second-order valence-electron chi connectivity index (χ2n) is 10.8. The highest BCUT2D eigenvalue weighted by molar-refractivity contribution is 7.18. The Morgan fingerprint density at radius 3 is 2.09 bits per heavy atom. The third-order valence-corrected chi connectivity index (χ3v) is 8.90. The van der Waals surface area contributed by atoms with E-state index in [1.165, 1.54) is 17.4 Å². The molecule has 0 spiro atoms. The van der Waals surface area contributed by atoms with E-state index in [0.717, 1.165) is 33.7 Å². The molecule has 236 valence electrons. The number of carbonyl (C=O) groups is 3. The summed E-state index contributed by atoms with van der Waals surface area (Å²) in [4.78, 5) is 46.3. The summed E-state index contributed by atoms with van der Waals surface area (Å²) in [6.07, 6.45) is -0.324. The van der Waals surface area contributed by atoms with Crippen LogP contribution in [-0.2, 0) is 11.2 Å². The highest BCUT2D eigenvalue weighted by atomic mass is 32.1. The van der Waals surface area contributed by atoms with Crippen molar-refractivity contribution in [2.75, 3.05) is 0 Å². The molecule has 2 unspecified atom stereocenters. The van der Waals surface area contributed by atoms with Crippen LogP contribution in [0.2, 0.25) is 0 Å². The minimum absolute atomic E-state index is 0.170. The summed E-state index contributed by atoms with van der Waals surface area (Å²) in [5, 5.41) is 5.33. The van der Waals surface area contributed by atoms with Crippen LogP contribution in [0.3, 0.4) is 0 Å². The first-order valence-corrected chi connectivity index (χ1v) is 15.8. The van der Waals surface area contributed by atoms with Gasteiger partial charge in [-0.1, -0.05) is 85.8 Å². The van der Waals surface area contributed by atoms with E-state index in [-0.39, 0.29) is 17.9 Å². The van der Waals surface area contributed by atoms with Gasteiger partial charge in [0.15, 0.2) is 5.58 Å². The maximum Gasteiger partial charge on any atom is 0.266 e. The summed E-state index contributed by atoms with van der Waals surface area (Å²) >= 11 is 1.24. The van der Waals surface area contributed by atoms with E-state index in [1.54, 1.807) is 37.3 Å². The smallest absolute Gasteiger partial charge is 0.266 e. The normalized spacial score (nSPS) is 12.4. The number of rotatable bonds is 11. The lowest BCUT2D eigenvalue weighted by Gasteiger charge is -2.22. The summed E-state index contributed by atoms with van der Waals surface area (Å²) in [7, 11) is 0. The Morgan fingerprint density at radius 2 is 1.43 bits per heavy atom. The molecule has 2 heterocycles. The molecule has 0 saturated heterocycles. The largest absolute Gasteiger partial charge is 0.434 e. The average molecular weight is 650 g/mol. The summed E-state index contributed by atoms with van der Waals surface area (Å²) in [5.41, 5.74) is 3.15. The molecule has 47 heavy (non-hydrogen) atoms. The second kappa shape index (κ2) is 13.9. The van der Waals surface area contributed by atoms with Crippen molar-refractivity contribution in [1.82, 2.24) is 15.6 Å². The molecule has 4 aromatic carbocycles. The van der Waals surface area contributed by atoms with Crippen molar-refractivity contribution >= 4 is 40.0 Å². The fraction of sp³-hybridized carbons (Fsp3) is 0.135. The summed E-state index contributed by atoms with van der Waals surface area (Å²) in [6.45, 7) is 1.69. The molecule has 2 atom stereocenters. The van der Waals surface area contributed by atoms with Crippen LogP contribution in [0.5, 0.6) is 0 Å². The van der Waals surface area contributed by atoms with Crippen molar-refractivity contribution in [3.63, 3.8) is 0 Å². The first kappa shape index (κ1) is 31.5. The zero-order chi connectivity index (χ0) is 32.9. The second-order valence-corrected chi connectivity index (χ2v) is 11.9. The molecule has 0 aliphatic heterocycles. The molecule has 7 nitrogen and oxygen atoms in total. The minimum Gasteiger partial charge on any atom is -0.434 e. The SMILES string of the molecule is CCC(NC(=O)C(Cc1c(F)cccc1F)NC(=O)c1cc(-c2ccccc2)c(-c2ccccc2)s1)C(=O)c1nc2ccccc2o1. The molecule has 0 aliphatic carbocycles. The van der Waals surface area contributed by atoms with E-state index >= 15 is 0 Å². The monoisotopic (exact) mass is 649 g/mol. The van der Waals surface area contributed by atoms with E-state index in [0.29, 0.717) is 16.0 Å². The number of para-hydroxylation sites is 2. The molecular formula is C37H29F2N3O4S. The Bertz CT molecular complexity index is 1950. The molecule has 6 rings (SSSR count). The van der Waals surface area contributed by atoms with E-state index in [2.05, 4.69) is 15.6 Å². The van der Waals surface area contributed by atoms with Crippen molar-refractivity contribution in [2.45, 2.75) is 31.8 Å². The maximum absolute atomic E-state index is 14.8. The summed E-state index contributed by atoms with van der Waals surface area (Å²) in [6, 6.07) is 28.6. The van der Waals surface area contributed by atoms with Gasteiger partial charge in [0.1, 0.15) is 23.2 Å². The number of oxazole rings is 1. The average Bonchev–Trinajstić information content (AvgIpc) is 3.74. The highest BCUT2D eigenvalue weighted by Crippen LogP contribution is 2.39. The third-order valence-electron chi connectivity index (χ3n) is 7.71. The summed E-state index contributed by atoms with van der Waals surface area (Å²) < 4.78 is 35.2. The molecule has 0 saturated carbocycles. The number of aromatic nitrogens is 1. The van der Waals surface area contributed by atoms with E-state index < -0.39 is 47.7 Å². The van der Waals surface area contributed by atoms with Crippen LogP contribution >= 0.6 is 11.3 Å². The van der Waals surface area contributed by atoms with Crippen molar-refractivity contribution in [3.8, 4) is 21.6 Å². The van der Waals surface area contributed by atoms with Crippen molar-refractivity contribution in [3.05, 3.63) is 137 Å². The van der Waals surface area contributed by atoms with Crippen LogP contribution in [0.15, 0.2) is 114 Å². The number of hydrogen-bond acceptors (Lipinski definition) is 6. The lowest BCUT2D eigenvalue weighted by molar-refractivity contribution is -0.123. The van der Waals surface area contributed by atoms with Gasteiger partial charge in [-0.15, -0.1) is 11.3 Å². The Balaban J connectivity index is 1.30. The molecule has 0 bridgehead atoms. The molecule has 10 heteroatoms. The number of amides is 2. The van der Waals surface area contributed by atoms with Gasteiger partial charge in [-0.25, -0.2) is 13.8 Å². The van der Waals surface area contributed by atoms with Gasteiger partial charge in [-0.3, -0.25) is 14.4 Å². The number of carbonyl (C=O) groups excluding carboxylic acids is 3. The number of hydrogen-bond donors (Lipinski definition) is 2. The van der Waals surface area contributed by atoms with Crippen molar-refractivity contribution < 1.29 is 27.6 Å². The van der Waals surface area contributed by atoms with E-state index in [1.807, 2.05) is 60.7 Å². The highest BCUT2D eigenvalue weighted by Gasteiger charge is 2.31. The Labute approximate surface area is 273 Å².